The van der Waals surface area contributed by atoms with Crippen LogP contribution in [0.5, 0.6) is 0 Å². The third-order valence-corrected chi connectivity index (χ3v) is 7.97. The molecule has 0 aromatic carbocycles. The largest absolute Gasteiger partial charge is 2.00 e. The van der Waals surface area contributed by atoms with E-state index in [4.69, 9.17) is 5.11 Å². The SMILES string of the molecule is CC(C)O.CCCCCCCCCCCCCCCCCC(=O)[O-].CCCCCCCCCCCCCCCCCC(=O)[O-].[Ca+2]. The summed E-state index contributed by atoms with van der Waals surface area (Å²) >= 11 is 0. The fraction of sp³-hybridized carbons (Fsp3) is 0.949. The fourth-order valence-electron chi connectivity index (χ4n) is 5.28. The zero-order chi connectivity index (χ0) is 33.4. The van der Waals surface area contributed by atoms with Crippen molar-refractivity contribution in [1.82, 2.24) is 0 Å². The van der Waals surface area contributed by atoms with Crippen LogP contribution in [0, 0.1) is 0 Å². The smallest absolute Gasteiger partial charge is 0.550 e. The molecule has 0 aliphatic rings. The molecule has 0 amide bonds. The molecular formula is C39H78CaO5. The molecule has 6 heteroatoms. The molecule has 0 saturated carbocycles. The summed E-state index contributed by atoms with van der Waals surface area (Å²) in [6.45, 7) is 7.98. The first-order chi connectivity index (χ1) is 21.3. The van der Waals surface area contributed by atoms with Crippen LogP contribution in [0.15, 0.2) is 0 Å². The number of carboxylic acid groups (broad SMARTS) is 2. The number of aliphatic hydroxyl groups excluding tert-OH is 1. The van der Waals surface area contributed by atoms with Gasteiger partial charge in [-0.25, -0.2) is 0 Å². The maximum absolute atomic E-state index is 10.2. The van der Waals surface area contributed by atoms with E-state index in [1.54, 1.807) is 13.8 Å². The van der Waals surface area contributed by atoms with Gasteiger partial charge in [0, 0.05) is 18.0 Å². The number of aliphatic carboxylic acids is 2. The van der Waals surface area contributed by atoms with Crippen LogP contribution in [-0.4, -0.2) is 60.9 Å². The Labute approximate surface area is 311 Å². The van der Waals surface area contributed by atoms with Crippen molar-refractivity contribution in [3.05, 3.63) is 0 Å². The number of rotatable bonds is 32. The molecule has 0 aromatic heterocycles. The van der Waals surface area contributed by atoms with Gasteiger partial charge in [-0.1, -0.05) is 194 Å². The van der Waals surface area contributed by atoms with Gasteiger partial charge in [0.1, 0.15) is 0 Å². The van der Waals surface area contributed by atoms with Crippen LogP contribution in [0.2, 0.25) is 0 Å². The summed E-state index contributed by atoms with van der Waals surface area (Å²) in [5.74, 6) is -1.81. The van der Waals surface area contributed by atoms with Crippen LogP contribution in [0.3, 0.4) is 0 Å². The van der Waals surface area contributed by atoms with Crippen LogP contribution in [0.25, 0.3) is 0 Å². The number of hydrogen-bond donors (Lipinski definition) is 1. The molecule has 0 radical (unpaired) electrons. The minimum absolute atomic E-state index is 0. The number of carboxylic acids is 2. The predicted octanol–water partition coefficient (Wildman–Crippen LogP) is 10.0. The van der Waals surface area contributed by atoms with Gasteiger partial charge in [0.25, 0.3) is 0 Å². The number of carbonyl (C=O) groups excluding carboxylic acids is 2. The molecule has 1 N–H and O–H groups in total. The third kappa shape index (κ3) is 67.3. The summed E-state index contributed by atoms with van der Waals surface area (Å²) in [4.78, 5) is 20.4. The van der Waals surface area contributed by atoms with Crippen LogP contribution in [-0.2, 0) is 9.59 Å². The summed E-state index contributed by atoms with van der Waals surface area (Å²) < 4.78 is 0. The number of unbranched alkanes of at least 4 members (excludes halogenated alkanes) is 28. The van der Waals surface area contributed by atoms with Gasteiger partial charge in [0.2, 0.25) is 0 Å². The average Bonchev–Trinajstić information content (AvgIpc) is 2.97. The molecule has 0 bridgehead atoms. The molecule has 45 heavy (non-hydrogen) atoms. The topological polar surface area (TPSA) is 100 Å². The Morgan fingerprint density at radius 2 is 0.533 bits per heavy atom. The standard InChI is InChI=1S/2C18H36O2.C3H8O.Ca/c2*1-2-3-4-5-6-7-8-9-10-11-12-13-14-15-16-17-18(19)20;1-3(2)4;/h2*2-17H2,1H3,(H,19,20);3-4H,1-2H3;/q;;;+2/p-2. The molecule has 0 aliphatic carbocycles. The average molecular weight is 667 g/mol. The van der Waals surface area contributed by atoms with Crippen LogP contribution in [0.4, 0.5) is 0 Å². The summed E-state index contributed by atoms with van der Waals surface area (Å²) in [7, 11) is 0. The summed E-state index contributed by atoms with van der Waals surface area (Å²) in [6, 6.07) is 0. The Morgan fingerprint density at radius 1 is 0.400 bits per heavy atom. The maximum atomic E-state index is 10.2. The second kappa shape index (κ2) is 48.6. The van der Waals surface area contributed by atoms with E-state index in [-0.39, 0.29) is 56.7 Å². The van der Waals surface area contributed by atoms with Crippen molar-refractivity contribution in [3.8, 4) is 0 Å². The molecule has 0 aromatic rings. The number of aliphatic hydroxyl groups is 1. The monoisotopic (exact) mass is 667 g/mol. The van der Waals surface area contributed by atoms with Crippen LogP contribution in [0.1, 0.15) is 233 Å². The van der Waals surface area contributed by atoms with E-state index in [1.807, 2.05) is 0 Å². The van der Waals surface area contributed by atoms with Gasteiger partial charge in [-0.2, -0.15) is 0 Å². The van der Waals surface area contributed by atoms with E-state index < -0.39 is 11.9 Å². The van der Waals surface area contributed by atoms with Crippen LogP contribution < -0.4 is 10.2 Å². The molecule has 0 unspecified atom stereocenters. The van der Waals surface area contributed by atoms with E-state index in [2.05, 4.69) is 13.8 Å². The van der Waals surface area contributed by atoms with Gasteiger partial charge in [-0.05, 0) is 39.5 Å². The summed E-state index contributed by atoms with van der Waals surface area (Å²) in [5, 5.41) is 28.5. The second-order valence-electron chi connectivity index (χ2n) is 13.2. The van der Waals surface area contributed by atoms with Gasteiger partial charge >= 0.3 is 37.7 Å². The Hall–Kier alpha value is 0.160. The Balaban J connectivity index is -0.000000327. The van der Waals surface area contributed by atoms with Gasteiger partial charge in [0.15, 0.2) is 0 Å². The first-order valence-corrected chi connectivity index (χ1v) is 19.4. The van der Waals surface area contributed by atoms with Gasteiger partial charge in [0.05, 0.1) is 0 Å². The minimum atomic E-state index is -0.903. The third-order valence-electron chi connectivity index (χ3n) is 7.97. The van der Waals surface area contributed by atoms with Crippen molar-refractivity contribution in [2.24, 2.45) is 0 Å². The van der Waals surface area contributed by atoms with Crippen LogP contribution >= 0.6 is 0 Å². The number of hydrogen-bond acceptors (Lipinski definition) is 5. The first kappa shape index (κ1) is 52.0. The molecule has 0 atom stereocenters. The second-order valence-corrected chi connectivity index (χ2v) is 13.2. The van der Waals surface area contributed by atoms with E-state index in [9.17, 15) is 19.8 Å². The quantitative estimate of drug-likeness (QED) is 0.0569. The van der Waals surface area contributed by atoms with Gasteiger partial charge < -0.3 is 24.9 Å². The zero-order valence-corrected chi connectivity index (χ0v) is 33.2. The molecule has 0 heterocycles. The molecule has 266 valence electrons. The minimum Gasteiger partial charge on any atom is -0.550 e. The van der Waals surface area contributed by atoms with E-state index >= 15 is 0 Å². The number of carbonyl (C=O) groups is 2. The molecule has 0 rings (SSSR count). The molecule has 0 fully saturated rings. The molecule has 0 saturated heterocycles. The van der Waals surface area contributed by atoms with E-state index in [0.29, 0.717) is 0 Å². The normalized spacial score (nSPS) is 10.4. The Kier molecular flexibility index (Phi) is 56.1. The Bertz CT molecular complexity index is 495. The molecule has 5 nitrogen and oxygen atoms in total. The van der Waals surface area contributed by atoms with Crippen molar-refractivity contribution < 1.29 is 24.9 Å². The maximum Gasteiger partial charge on any atom is 2.00 e. The molecule has 0 aliphatic heterocycles. The fourth-order valence-corrected chi connectivity index (χ4v) is 5.28. The van der Waals surface area contributed by atoms with Crippen molar-refractivity contribution in [2.45, 2.75) is 239 Å². The van der Waals surface area contributed by atoms with E-state index in [1.165, 1.54) is 167 Å². The summed E-state index contributed by atoms with van der Waals surface area (Å²) in [6.07, 6.45) is 39.5. The van der Waals surface area contributed by atoms with Crippen molar-refractivity contribution in [3.63, 3.8) is 0 Å². The van der Waals surface area contributed by atoms with Crippen molar-refractivity contribution in [1.29, 1.82) is 0 Å². The summed E-state index contributed by atoms with van der Waals surface area (Å²) in [5.41, 5.74) is 0. The van der Waals surface area contributed by atoms with E-state index in [0.717, 1.165) is 25.7 Å². The zero-order valence-electron chi connectivity index (χ0n) is 31.0. The van der Waals surface area contributed by atoms with Crippen molar-refractivity contribution in [2.75, 3.05) is 0 Å². The Morgan fingerprint density at radius 3 is 0.667 bits per heavy atom. The molecule has 0 spiro atoms. The first-order valence-electron chi connectivity index (χ1n) is 19.4. The van der Waals surface area contributed by atoms with Gasteiger partial charge in [-0.15, -0.1) is 0 Å². The van der Waals surface area contributed by atoms with Crippen molar-refractivity contribution >= 4 is 49.7 Å². The molecular weight excluding hydrogens is 589 g/mol. The van der Waals surface area contributed by atoms with Gasteiger partial charge in [-0.3, -0.25) is 0 Å². The predicted molar refractivity (Wildman–Crippen MR) is 192 cm³/mol.